The largest absolute Gasteiger partial charge is 0.378 e. The topological polar surface area (TPSA) is 85.1 Å². The Kier molecular flexibility index (Phi) is 4.72. The number of aromatic nitrogens is 6. The summed E-state index contributed by atoms with van der Waals surface area (Å²) in [5.74, 6) is 1.67. The monoisotopic (exact) mass is 354 g/mol. The summed E-state index contributed by atoms with van der Waals surface area (Å²) in [7, 11) is 3.99. The lowest BCUT2D eigenvalue weighted by Gasteiger charge is -2.28. The van der Waals surface area contributed by atoms with Crippen LogP contribution >= 0.6 is 0 Å². The molecule has 3 aromatic rings. The molecule has 0 saturated carbocycles. The molecule has 26 heavy (non-hydrogen) atoms. The number of rotatable bonds is 5. The van der Waals surface area contributed by atoms with Gasteiger partial charge in [0.1, 0.15) is 12.2 Å². The maximum absolute atomic E-state index is 5.47. The van der Waals surface area contributed by atoms with Crippen LogP contribution in [0.3, 0.4) is 0 Å². The van der Waals surface area contributed by atoms with E-state index in [0.717, 1.165) is 41.6 Å². The van der Waals surface area contributed by atoms with Crippen molar-refractivity contribution in [2.45, 2.75) is 13.1 Å². The standard InChI is InChI=1S/C17H22N8O/c1-23(9-13-3-4-18-11-19-13)10-14-21-16-15(20-12-24(16)2)17(22-14)25-5-7-26-8-6-25/h3-4,11-12H,5-10H2,1-2H3. The molecule has 0 atom stereocenters. The lowest BCUT2D eigenvalue weighted by Crippen LogP contribution is -2.37. The van der Waals surface area contributed by atoms with Gasteiger partial charge in [-0.3, -0.25) is 4.90 Å². The zero-order valence-corrected chi connectivity index (χ0v) is 15.0. The summed E-state index contributed by atoms with van der Waals surface area (Å²) >= 11 is 0. The van der Waals surface area contributed by atoms with E-state index >= 15 is 0 Å². The summed E-state index contributed by atoms with van der Waals surface area (Å²) in [5, 5.41) is 0. The number of imidazole rings is 1. The molecule has 0 aromatic carbocycles. The molecule has 9 heteroatoms. The average Bonchev–Trinajstić information content (AvgIpc) is 3.04. The Morgan fingerprint density at radius 2 is 2.00 bits per heavy atom. The number of nitrogens with zero attached hydrogens (tertiary/aromatic N) is 8. The summed E-state index contributed by atoms with van der Waals surface area (Å²) in [6.07, 6.45) is 5.11. The number of aryl methyl sites for hydroxylation is 1. The average molecular weight is 354 g/mol. The molecule has 0 radical (unpaired) electrons. The highest BCUT2D eigenvalue weighted by Crippen LogP contribution is 2.23. The zero-order chi connectivity index (χ0) is 17.9. The van der Waals surface area contributed by atoms with Crippen molar-refractivity contribution in [3.63, 3.8) is 0 Å². The van der Waals surface area contributed by atoms with E-state index in [1.807, 2.05) is 24.7 Å². The smallest absolute Gasteiger partial charge is 0.165 e. The van der Waals surface area contributed by atoms with E-state index < -0.39 is 0 Å². The number of fused-ring (bicyclic) bond motifs is 1. The first kappa shape index (κ1) is 16.8. The molecule has 0 amide bonds. The third-order valence-electron chi connectivity index (χ3n) is 4.38. The van der Waals surface area contributed by atoms with Gasteiger partial charge in [0.25, 0.3) is 0 Å². The molecule has 3 aromatic heterocycles. The van der Waals surface area contributed by atoms with Crippen molar-refractivity contribution in [3.8, 4) is 0 Å². The van der Waals surface area contributed by atoms with Crippen LogP contribution in [-0.4, -0.2) is 67.7 Å². The van der Waals surface area contributed by atoms with Gasteiger partial charge in [-0.25, -0.2) is 24.9 Å². The quantitative estimate of drug-likeness (QED) is 0.659. The Labute approximate surface area is 151 Å². The van der Waals surface area contributed by atoms with E-state index in [1.54, 1.807) is 18.9 Å². The fourth-order valence-corrected chi connectivity index (χ4v) is 3.09. The summed E-state index contributed by atoms with van der Waals surface area (Å²) in [5.41, 5.74) is 2.67. The van der Waals surface area contributed by atoms with Crippen LogP contribution < -0.4 is 4.90 Å². The molecular formula is C17H22N8O. The predicted molar refractivity (Wildman–Crippen MR) is 96.5 cm³/mol. The van der Waals surface area contributed by atoms with Gasteiger partial charge in [0.15, 0.2) is 17.0 Å². The van der Waals surface area contributed by atoms with E-state index in [1.165, 1.54) is 0 Å². The van der Waals surface area contributed by atoms with Crippen molar-refractivity contribution in [2.75, 3.05) is 38.3 Å². The lowest BCUT2D eigenvalue weighted by atomic mass is 10.3. The molecule has 1 aliphatic heterocycles. The zero-order valence-electron chi connectivity index (χ0n) is 15.0. The van der Waals surface area contributed by atoms with Crippen molar-refractivity contribution in [2.24, 2.45) is 7.05 Å². The maximum Gasteiger partial charge on any atom is 0.165 e. The highest BCUT2D eigenvalue weighted by atomic mass is 16.5. The Hall–Kier alpha value is -2.65. The number of anilines is 1. The van der Waals surface area contributed by atoms with E-state index in [2.05, 4.69) is 24.8 Å². The Bertz CT molecular complexity index is 875. The van der Waals surface area contributed by atoms with Gasteiger partial charge in [-0.05, 0) is 13.1 Å². The second-order valence-electron chi connectivity index (χ2n) is 6.46. The Morgan fingerprint density at radius 3 is 2.77 bits per heavy atom. The second-order valence-corrected chi connectivity index (χ2v) is 6.46. The van der Waals surface area contributed by atoms with Crippen molar-refractivity contribution in [3.05, 3.63) is 36.4 Å². The van der Waals surface area contributed by atoms with Crippen molar-refractivity contribution >= 4 is 17.0 Å². The maximum atomic E-state index is 5.47. The number of hydrogen-bond donors (Lipinski definition) is 0. The fraction of sp³-hybridized carbons (Fsp3) is 0.471. The Morgan fingerprint density at radius 1 is 1.15 bits per heavy atom. The van der Waals surface area contributed by atoms with Crippen LogP contribution in [0.15, 0.2) is 24.9 Å². The molecule has 9 nitrogen and oxygen atoms in total. The van der Waals surface area contributed by atoms with Crippen LogP contribution in [0.5, 0.6) is 0 Å². The van der Waals surface area contributed by atoms with Crippen LogP contribution in [0.2, 0.25) is 0 Å². The molecule has 4 rings (SSSR count). The minimum absolute atomic E-state index is 0.627. The third kappa shape index (κ3) is 3.49. The predicted octanol–water partition coefficient (Wildman–Crippen LogP) is 0.622. The van der Waals surface area contributed by atoms with E-state index in [-0.39, 0.29) is 0 Å². The van der Waals surface area contributed by atoms with Gasteiger partial charge in [0.05, 0.1) is 31.8 Å². The third-order valence-corrected chi connectivity index (χ3v) is 4.38. The summed E-state index contributed by atoms with van der Waals surface area (Å²) in [6, 6.07) is 1.92. The highest BCUT2D eigenvalue weighted by Gasteiger charge is 2.20. The summed E-state index contributed by atoms with van der Waals surface area (Å²) < 4.78 is 7.41. The molecule has 4 heterocycles. The van der Waals surface area contributed by atoms with E-state index in [0.29, 0.717) is 26.3 Å². The molecule has 1 saturated heterocycles. The van der Waals surface area contributed by atoms with Crippen LogP contribution in [0.25, 0.3) is 11.2 Å². The molecule has 0 unspecified atom stereocenters. The van der Waals surface area contributed by atoms with Crippen LogP contribution in [-0.2, 0) is 24.9 Å². The molecule has 136 valence electrons. The summed E-state index contributed by atoms with van der Waals surface area (Å²) in [6.45, 7) is 4.39. The molecule has 1 aliphatic rings. The molecule has 0 aliphatic carbocycles. The van der Waals surface area contributed by atoms with Gasteiger partial charge in [-0.15, -0.1) is 0 Å². The number of morpholine rings is 1. The van der Waals surface area contributed by atoms with Gasteiger partial charge < -0.3 is 14.2 Å². The molecule has 0 bridgehead atoms. The minimum Gasteiger partial charge on any atom is -0.378 e. The van der Waals surface area contributed by atoms with Crippen LogP contribution in [0.1, 0.15) is 11.5 Å². The van der Waals surface area contributed by atoms with Crippen LogP contribution in [0.4, 0.5) is 5.82 Å². The first-order valence-electron chi connectivity index (χ1n) is 8.65. The molecule has 1 fully saturated rings. The highest BCUT2D eigenvalue weighted by molar-refractivity contribution is 5.83. The van der Waals surface area contributed by atoms with E-state index in [4.69, 9.17) is 14.7 Å². The first-order valence-corrected chi connectivity index (χ1v) is 8.65. The summed E-state index contributed by atoms with van der Waals surface area (Å²) in [4.78, 5) is 26.7. The number of ether oxygens (including phenoxy) is 1. The minimum atomic E-state index is 0.627. The molecular weight excluding hydrogens is 332 g/mol. The van der Waals surface area contributed by atoms with Crippen LogP contribution in [0, 0.1) is 0 Å². The molecule has 0 N–H and O–H groups in total. The van der Waals surface area contributed by atoms with Gasteiger partial charge >= 0.3 is 0 Å². The van der Waals surface area contributed by atoms with Gasteiger partial charge in [0, 0.05) is 32.9 Å². The molecule has 0 spiro atoms. The van der Waals surface area contributed by atoms with Crippen molar-refractivity contribution in [1.29, 1.82) is 0 Å². The Balaban J connectivity index is 1.61. The second kappa shape index (κ2) is 7.30. The lowest BCUT2D eigenvalue weighted by molar-refractivity contribution is 0.122. The van der Waals surface area contributed by atoms with Gasteiger partial charge in [0.2, 0.25) is 0 Å². The first-order chi connectivity index (χ1) is 12.7. The van der Waals surface area contributed by atoms with E-state index in [9.17, 15) is 0 Å². The normalized spacial score (nSPS) is 15.1. The SMILES string of the molecule is CN(Cc1ccncn1)Cc1nc(N2CCOCC2)c2ncn(C)c2n1. The van der Waals surface area contributed by atoms with Gasteiger partial charge in [-0.2, -0.15) is 0 Å². The van der Waals surface area contributed by atoms with Crippen molar-refractivity contribution < 1.29 is 4.74 Å². The van der Waals surface area contributed by atoms with Crippen molar-refractivity contribution in [1.82, 2.24) is 34.4 Å². The number of hydrogen-bond acceptors (Lipinski definition) is 8. The van der Waals surface area contributed by atoms with Gasteiger partial charge in [-0.1, -0.05) is 0 Å². The fourth-order valence-electron chi connectivity index (χ4n) is 3.09.